The van der Waals surface area contributed by atoms with Gasteiger partial charge in [0.25, 0.3) is 0 Å². The van der Waals surface area contributed by atoms with E-state index in [0.29, 0.717) is 31.3 Å². The van der Waals surface area contributed by atoms with Gasteiger partial charge in [0, 0.05) is 43.7 Å². The number of anilines is 1. The standard InChI is InChI=1S/C43H42FN3O5/c44-33-19-17-32(18-20-33)29-47(34-11-8-12-35(28-34)51-26-23-46-21-24-50-25-22-46)42(48)41(27-31-9-2-1-3-10-31)45-43(49)52-30-40-38-15-6-4-13-36(38)37-14-5-7-16-39(37)40/h1-20,28,40-41H,21-27,29-30H2,(H,45,49)/t41-/m0/s1. The molecule has 1 fully saturated rings. The van der Waals surface area contributed by atoms with Gasteiger partial charge in [0.2, 0.25) is 5.91 Å². The fourth-order valence-corrected chi connectivity index (χ4v) is 6.95. The SMILES string of the molecule is O=C(N[C@@H](Cc1ccccc1)C(=O)N(Cc1ccc(F)cc1)c1cccc(OCCN2CCOCC2)c1)OCC1c2ccccc2-c2ccccc21. The first-order chi connectivity index (χ1) is 25.5. The number of nitrogens with zero attached hydrogens (tertiary/aromatic N) is 2. The fraction of sp³-hybridized carbons (Fsp3) is 0.256. The van der Waals surface area contributed by atoms with E-state index in [2.05, 4.69) is 34.5 Å². The Morgan fingerprint density at radius 1 is 0.808 bits per heavy atom. The number of fused-ring (bicyclic) bond motifs is 3. The molecule has 0 unspecified atom stereocenters. The molecule has 0 saturated carbocycles. The predicted octanol–water partition coefficient (Wildman–Crippen LogP) is 7.22. The lowest BCUT2D eigenvalue weighted by Gasteiger charge is -2.29. The molecule has 7 rings (SSSR count). The van der Waals surface area contributed by atoms with Gasteiger partial charge in [-0.1, -0.05) is 97.1 Å². The summed E-state index contributed by atoms with van der Waals surface area (Å²) in [6.45, 7) is 4.66. The van der Waals surface area contributed by atoms with Gasteiger partial charge in [-0.25, -0.2) is 9.18 Å². The third-order valence-corrected chi connectivity index (χ3v) is 9.65. The van der Waals surface area contributed by atoms with Crippen LogP contribution in [0.1, 0.15) is 28.2 Å². The summed E-state index contributed by atoms with van der Waals surface area (Å²) >= 11 is 0. The molecule has 1 atom stereocenters. The van der Waals surface area contributed by atoms with Crippen molar-refractivity contribution in [3.8, 4) is 16.9 Å². The van der Waals surface area contributed by atoms with E-state index in [4.69, 9.17) is 14.2 Å². The van der Waals surface area contributed by atoms with Gasteiger partial charge in [-0.05, 0) is 57.6 Å². The maximum absolute atomic E-state index is 14.7. The van der Waals surface area contributed by atoms with E-state index in [1.807, 2.05) is 78.9 Å². The number of rotatable bonds is 13. The minimum absolute atomic E-state index is 0.120. The number of nitrogens with one attached hydrogen (secondary N) is 1. The van der Waals surface area contributed by atoms with Gasteiger partial charge in [0.1, 0.15) is 30.8 Å². The molecule has 0 bridgehead atoms. The van der Waals surface area contributed by atoms with E-state index in [1.165, 1.54) is 12.1 Å². The van der Waals surface area contributed by atoms with Crippen LogP contribution in [0.25, 0.3) is 11.1 Å². The molecule has 8 nitrogen and oxygen atoms in total. The number of halogens is 1. The summed E-state index contributed by atoms with van der Waals surface area (Å²) in [6, 6.07) is 38.3. The summed E-state index contributed by atoms with van der Waals surface area (Å²) in [4.78, 5) is 32.2. The largest absolute Gasteiger partial charge is 0.492 e. The van der Waals surface area contributed by atoms with Crippen molar-refractivity contribution in [3.05, 3.63) is 155 Å². The van der Waals surface area contributed by atoms with Crippen LogP contribution < -0.4 is 15.0 Å². The second kappa shape index (κ2) is 16.7. The molecule has 1 aliphatic carbocycles. The van der Waals surface area contributed by atoms with Crippen molar-refractivity contribution in [2.75, 3.05) is 51.0 Å². The number of carbonyl (C=O) groups excluding carboxylic acids is 2. The van der Waals surface area contributed by atoms with Crippen LogP contribution >= 0.6 is 0 Å². The van der Waals surface area contributed by atoms with E-state index >= 15 is 0 Å². The molecule has 0 spiro atoms. The molecular weight excluding hydrogens is 657 g/mol. The Kier molecular flexibility index (Phi) is 11.2. The molecule has 1 heterocycles. The zero-order chi connectivity index (χ0) is 35.7. The van der Waals surface area contributed by atoms with Crippen molar-refractivity contribution >= 4 is 17.7 Å². The number of hydrogen-bond donors (Lipinski definition) is 1. The van der Waals surface area contributed by atoms with Crippen LogP contribution in [0.3, 0.4) is 0 Å². The van der Waals surface area contributed by atoms with Crippen molar-refractivity contribution in [1.29, 1.82) is 0 Å². The molecule has 52 heavy (non-hydrogen) atoms. The van der Waals surface area contributed by atoms with Crippen molar-refractivity contribution in [2.24, 2.45) is 0 Å². The summed E-state index contributed by atoms with van der Waals surface area (Å²) in [6.07, 6.45) is -0.447. The van der Waals surface area contributed by atoms with Crippen LogP contribution in [0.4, 0.5) is 14.9 Å². The van der Waals surface area contributed by atoms with Crippen molar-refractivity contribution < 1.29 is 28.2 Å². The minimum atomic E-state index is -0.968. The van der Waals surface area contributed by atoms with E-state index in [9.17, 15) is 14.0 Å². The number of hydrogen-bond acceptors (Lipinski definition) is 6. The monoisotopic (exact) mass is 699 g/mol. The Morgan fingerprint density at radius 2 is 1.48 bits per heavy atom. The van der Waals surface area contributed by atoms with Gasteiger partial charge in [-0.2, -0.15) is 0 Å². The highest BCUT2D eigenvalue weighted by Crippen LogP contribution is 2.44. The second-order valence-electron chi connectivity index (χ2n) is 13.1. The lowest BCUT2D eigenvalue weighted by molar-refractivity contribution is -0.120. The highest BCUT2D eigenvalue weighted by Gasteiger charge is 2.31. The number of amides is 2. The molecule has 2 amide bonds. The van der Waals surface area contributed by atoms with Crippen molar-refractivity contribution in [3.63, 3.8) is 0 Å². The maximum atomic E-state index is 14.7. The zero-order valence-corrected chi connectivity index (χ0v) is 29.0. The lowest BCUT2D eigenvalue weighted by atomic mass is 9.98. The molecule has 5 aromatic carbocycles. The third-order valence-electron chi connectivity index (χ3n) is 9.65. The summed E-state index contributed by atoms with van der Waals surface area (Å²) in [5, 5.41) is 2.91. The number of alkyl carbamates (subject to hydrolysis) is 1. The van der Waals surface area contributed by atoms with E-state index in [-0.39, 0.29) is 37.2 Å². The Labute approximate surface area is 303 Å². The lowest BCUT2D eigenvalue weighted by Crippen LogP contribution is -2.50. The summed E-state index contributed by atoms with van der Waals surface area (Å²) in [5.41, 5.74) is 6.66. The highest BCUT2D eigenvalue weighted by atomic mass is 19.1. The first-order valence-electron chi connectivity index (χ1n) is 17.8. The van der Waals surface area contributed by atoms with Crippen LogP contribution in [0.5, 0.6) is 5.75 Å². The van der Waals surface area contributed by atoms with Gasteiger partial charge in [0.05, 0.1) is 19.8 Å². The van der Waals surface area contributed by atoms with E-state index < -0.39 is 12.1 Å². The van der Waals surface area contributed by atoms with Gasteiger partial charge in [-0.15, -0.1) is 0 Å². The topological polar surface area (TPSA) is 80.3 Å². The quantitative estimate of drug-likeness (QED) is 0.140. The van der Waals surface area contributed by atoms with Crippen LogP contribution in [-0.2, 0) is 27.2 Å². The number of benzene rings is 5. The molecular formula is C43H42FN3O5. The van der Waals surface area contributed by atoms with Gasteiger partial charge < -0.3 is 24.4 Å². The Bertz CT molecular complexity index is 1920. The second-order valence-corrected chi connectivity index (χ2v) is 13.1. The Balaban J connectivity index is 1.11. The first-order valence-corrected chi connectivity index (χ1v) is 17.8. The molecule has 266 valence electrons. The summed E-state index contributed by atoms with van der Waals surface area (Å²) in [5.74, 6) is -0.211. The van der Waals surface area contributed by atoms with Gasteiger partial charge in [-0.3, -0.25) is 9.69 Å². The van der Waals surface area contributed by atoms with Crippen LogP contribution in [0, 0.1) is 5.82 Å². The van der Waals surface area contributed by atoms with Crippen LogP contribution in [-0.4, -0.2) is 69.0 Å². The van der Waals surface area contributed by atoms with Crippen LogP contribution in [0.15, 0.2) is 127 Å². The third kappa shape index (κ3) is 8.50. The number of ether oxygens (including phenoxy) is 3. The summed E-state index contributed by atoms with van der Waals surface area (Å²) < 4.78 is 31.4. The smallest absolute Gasteiger partial charge is 0.407 e. The molecule has 1 aliphatic heterocycles. The van der Waals surface area contributed by atoms with Gasteiger partial charge >= 0.3 is 6.09 Å². The minimum Gasteiger partial charge on any atom is -0.492 e. The van der Waals surface area contributed by atoms with Crippen LogP contribution in [0.2, 0.25) is 0 Å². The van der Waals surface area contributed by atoms with Crippen molar-refractivity contribution in [1.82, 2.24) is 10.2 Å². The first kappa shape index (κ1) is 34.9. The molecule has 2 aliphatic rings. The Morgan fingerprint density at radius 3 is 2.19 bits per heavy atom. The maximum Gasteiger partial charge on any atom is 0.407 e. The summed E-state index contributed by atoms with van der Waals surface area (Å²) in [7, 11) is 0. The zero-order valence-electron chi connectivity index (χ0n) is 29.0. The molecule has 0 radical (unpaired) electrons. The molecule has 1 N–H and O–H groups in total. The number of morpholine rings is 1. The molecule has 9 heteroatoms. The fourth-order valence-electron chi connectivity index (χ4n) is 6.95. The van der Waals surface area contributed by atoms with E-state index in [0.717, 1.165) is 53.0 Å². The number of carbonyl (C=O) groups is 2. The van der Waals surface area contributed by atoms with Crippen molar-refractivity contribution in [2.45, 2.75) is 24.9 Å². The van der Waals surface area contributed by atoms with E-state index in [1.54, 1.807) is 17.0 Å². The molecule has 1 saturated heterocycles. The highest BCUT2D eigenvalue weighted by molar-refractivity contribution is 5.99. The average molecular weight is 700 g/mol. The molecule has 5 aromatic rings. The normalized spacial score (nSPS) is 14.6. The Hall–Kier alpha value is -5.51. The molecule has 0 aromatic heterocycles. The average Bonchev–Trinajstić information content (AvgIpc) is 3.51. The van der Waals surface area contributed by atoms with Gasteiger partial charge in [0.15, 0.2) is 0 Å². The predicted molar refractivity (Wildman–Crippen MR) is 199 cm³/mol.